The van der Waals surface area contributed by atoms with E-state index in [9.17, 15) is 10.1 Å². The molecule has 0 unspecified atom stereocenters. The predicted octanol–water partition coefficient (Wildman–Crippen LogP) is 2.55. The Morgan fingerprint density at radius 1 is 1.50 bits per heavy atom. The van der Waals surface area contributed by atoms with Gasteiger partial charge in [0.15, 0.2) is 5.76 Å². The van der Waals surface area contributed by atoms with Gasteiger partial charge in [-0.3, -0.25) is 10.1 Å². The number of nitro groups is 1. The zero-order valence-corrected chi connectivity index (χ0v) is 10.1. The normalized spacial score (nSPS) is 10.3. The summed E-state index contributed by atoms with van der Waals surface area (Å²) in [6, 6.07) is 4.24. The molecule has 2 rings (SSSR count). The number of anilines is 1. The van der Waals surface area contributed by atoms with Gasteiger partial charge in [-0.15, -0.1) is 0 Å². The number of aryl methyl sites for hydroxylation is 1. The van der Waals surface area contributed by atoms with E-state index >= 15 is 0 Å². The standard InChI is InChI=1S/C10H9ClN4O3/c1-6-2-8(18-14-6)5-12-10-4-7(15(16)17)3-9(11)13-10/h2-4H,5H2,1H3,(H,12,13). The molecule has 2 aromatic heterocycles. The van der Waals surface area contributed by atoms with E-state index in [0.717, 1.165) is 5.69 Å². The van der Waals surface area contributed by atoms with Crippen molar-refractivity contribution in [3.63, 3.8) is 0 Å². The monoisotopic (exact) mass is 268 g/mol. The third-order valence-corrected chi connectivity index (χ3v) is 2.30. The van der Waals surface area contributed by atoms with E-state index in [2.05, 4.69) is 15.5 Å². The number of nitrogens with one attached hydrogen (secondary N) is 1. The Morgan fingerprint density at radius 3 is 2.89 bits per heavy atom. The Bertz CT molecular complexity index is 584. The lowest BCUT2D eigenvalue weighted by atomic mass is 10.3. The van der Waals surface area contributed by atoms with E-state index in [4.69, 9.17) is 16.1 Å². The highest BCUT2D eigenvalue weighted by atomic mass is 35.5. The van der Waals surface area contributed by atoms with Crippen molar-refractivity contribution in [1.82, 2.24) is 10.1 Å². The first-order valence-corrected chi connectivity index (χ1v) is 5.40. The van der Waals surface area contributed by atoms with Crippen molar-refractivity contribution in [3.8, 4) is 0 Å². The number of halogens is 1. The molecule has 2 aromatic rings. The molecule has 0 fully saturated rings. The highest BCUT2D eigenvalue weighted by Crippen LogP contribution is 2.20. The van der Waals surface area contributed by atoms with Crippen molar-refractivity contribution >= 4 is 23.1 Å². The smallest absolute Gasteiger partial charge is 0.276 e. The molecule has 18 heavy (non-hydrogen) atoms. The highest BCUT2D eigenvalue weighted by Gasteiger charge is 2.10. The van der Waals surface area contributed by atoms with Crippen LogP contribution < -0.4 is 5.32 Å². The molecule has 8 heteroatoms. The minimum Gasteiger partial charge on any atom is -0.362 e. The summed E-state index contributed by atoms with van der Waals surface area (Å²) in [5.74, 6) is 0.917. The Morgan fingerprint density at radius 2 is 2.28 bits per heavy atom. The van der Waals surface area contributed by atoms with Crippen LogP contribution in [0.15, 0.2) is 22.7 Å². The second-order valence-corrected chi connectivity index (χ2v) is 3.97. The van der Waals surface area contributed by atoms with Crippen molar-refractivity contribution < 1.29 is 9.45 Å². The molecule has 0 atom stereocenters. The zero-order valence-electron chi connectivity index (χ0n) is 9.38. The van der Waals surface area contributed by atoms with Crippen molar-refractivity contribution in [2.75, 3.05) is 5.32 Å². The van der Waals surface area contributed by atoms with Gasteiger partial charge < -0.3 is 9.84 Å². The fourth-order valence-corrected chi connectivity index (χ4v) is 1.56. The fourth-order valence-electron chi connectivity index (χ4n) is 1.36. The summed E-state index contributed by atoms with van der Waals surface area (Å²) in [7, 11) is 0. The van der Waals surface area contributed by atoms with Gasteiger partial charge in [0.1, 0.15) is 11.0 Å². The van der Waals surface area contributed by atoms with Gasteiger partial charge in [-0.1, -0.05) is 16.8 Å². The SMILES string of the molecule is Cc1cc(CNc2cc([N+](=O)[O-])cc(Cl)n2)on1. The van der Waals surface area contributed by atoms with Crippen LogP contribution in [-0.4, -0.2) is 15.1 Å². The summed E-state index contributed by atoms with van der Waals surface area (Å²) in [5, 5.41) is 17.3. The molecule has 0 spiro atoms. The van der Waals surface area contributed by atoms with Gasteiger partial charge in [-0.25, -0.2) is 4.98 Å². The summed E-state index contributed by atoms with van der Waals surface area (Å²) in [4.78, 5) is 14.0. The molecule has 0 radical (unpaired) electrons. The molecule has 2 heterocycles. The van der Waals surface area contributed by atoms with Crippen LogP contribution in [0.4, 0.5) is 11.5 Å². The van der Waals surface area contributed by atoms with Gasteiger partial charge >= 0.3 is 0 Å². The van der Waals surface area contributed by atoms with Crippen LogP contribution >= 0.6 is 11.6 Å². The quantitative estimate of drug-likeness (QED) is 0.520. The van der Waals surface area contributed by atoms with Crippen LogP contribution in [0.25, 0.3) is 0 Å². The summed E-state index contributed by atoms with van der Waals surface area (Å²) in [6.45, 7) is 2.13. The van der Waals surface area contributed by atoms with E-state index in [1.807, 2.05) is 0 Å². The molecule has 0 aromatic carbocycles. The van der Waals surface area contributed by atoms with Gasteiger partial charge in [0, 0.05) is 6.07 Å². The molecule has 7 nitrogen and oxygen atoms in total. The molecule has 1 N–H and O–H groups in total. The molecule has 0 aliphatic carbocycles. The molecule has 0 saturated heterocycles. The number of pyridine rings is 1. The van der Waals surface area contributed by atoms with Crippen LogP contribution in [-0.2, 0) is 6.54 Å². The third-order valence-electron chi connectivity index (χ3n) is 2.11. The second kappa shape index (κ2) is 5.01. The zero-order chi connectivity index (χ0) is 13.1. The number of hydrogen-bond donors (Lipinski definition) is 1. The minimum absolute atomic E-state index is 0.0560. The van der Waals surface area contributed by atoms with Gasteiger partial charge in [0.25, 0.3) is 5.69 Å². The Kier molecular flexibility index (Phi) is 3.42. The molecule has 0 aliphatic heterocycles. The molecule has 0 saturated carbocycles. The first kappa shape index (κ1) is 12.3. The minimum atomic E-state index is -0.530. The predicted molar refractivity (Wildman–Crippen MR) is 64.5 cm³/mol. The Labute approximate surface area is 107 Å². The first-order valence-electron chi connectivity index (χ1n) is 5.02. The van der Waals surface area contributed by atoms with Crippen molar-refractivity contribution in [2.24, 2.45) is 0 Å². The molecule has 0 amide bonds. The van der Waals surface area contributed by atoms with E-state index < -0.39 is 4.92 Å². The summed E-state index contributed by atoms with van der Waals surface area (Å²) in [5.41, 5.74) is 0.642. The van der Waals surface area contributed by atoms with E-state index in [-0.39, 0.29) is 10.8 Å². The lowest BCUT2D eigenvalue weighted by Crippen LogP contribution is -2.01. The Hall–Kier alpha value is -2.15. The largest absolute Gasteiger partial charge is 0.362 e. The maximum atomic E-state index is 10.6. The molecular weight excluding hydrogens is 260 g/mol. The second-order valence-electron chi connectivity index (χ2n) is 3.58. The van der Waals surface area contributed by atoms with E-state index in [0.29, 0.717) is 18.1 Å². The van der Waals surface area contributed by atoms with E-state index in [1.54, 1.807) is 13.0 Å². The van der Waals surface area contributed by atoms with Crippen LogP contribution in [0.3, 0.4) is 0 Å². The van der Waals surface area contributed by atoms with Gasteiger partial charge in [-0.05, 0) is 6.92 Å². The number of nitrogens with zero attached hydrogens (tertiary/aromatic N) is 3. The third kappa shape index (κ3) is 2.95. The topological polar surface area (TPSA) is 94.1 Å². The molecular formula is C10H9ClN4O3. The van der Waals surface area contributed by atoms with Crippen molar-refractivity contribution in [1.29, 1.82) is 0 Å². The van der Waals surface area contributed by atoms with Crippen LogP contribution in [0.1, 0.15) is 11.5 Å². The lowest BCUT2D eigenvalue weighted by Gasteiger charge is -2.03. The number of rotatable bonds is 4. The summed E-state index contributed by atoms with van der Waals surface area (Å²) >= 11 is 5.69. The lowest BCUT2D eigenvalue weighted by molar-refractivity contribution is -0.384. The first-order chi connectivity index (χ1) is 8.54. The van der Waals surface area contributed by atoms with Crippen LogP contribution in [0.5, 0.6) is 0 Å². The van der Waals surface area contributed by atoms with Crippen LogP contribution in [0.2, 0.25) is 5.15 Å². The van der Waals surface area contributed by atoms with Gasteiger partial charge in [-0.2, -0.15) is 0 Å². The maximum absolute atomic E-state index is 10.6. The number of hydrogen-bond acceptors (Lipinski definition) is 6. The Balaban J connectivity index is 2.11. The van der Waals surface area contributed by atoms with Crippen molar-refractivity contribution in [3.05, 3.63) is 44.9 Å². The maximum Gasteiger partial charge on any atom is 0.276 e. The highest BCUT2D eigenvalue weighted by molar-refractivity contribution is 6.29. The fraction of sp³-hybridized carbons (Fsp3) is 0.200. The van der Waals surface area contributed by atoms with E-state index in [1.165, 1.54) is 12.1 Å². The number of aromatic nitrogens is 2. The average molecular weight is 269 g/mol. The van der Waals surface area contributed by atoms with Crippen LogP contribution in [0, 0.1) is 17.0 Å². The molecule has 94 valence electrons. The molecule has 0 aliphatic rings. The molecule has 0 bridgehead atoms. The average Bonchev–Trinajstić information content (AvgIpc) is 2.72. The summed E-state index contributed by atoms with van der Waals surface area (Å²) in [6.07, 6.45) is 0. The van der Waals surface area contributed by atoms with Gasteiger partial charge in [0.2, 0.25) is 0 Å². The van der Waals surface area contributed by atoms with Crippen molar-refractivity contribution in [2.45, 2.75) is 13.5 Å². The van der Waals surface area contributed by atoms with Gasteiger partial charge in [0.05, 0.1) is 29.3 Å². The summed E-state index contributed by atoms with van der Waals surface area (Å²) < 4.78 is 4.99.